The van der Waals surface area contributed by atoms with Gasteiger partial charge in [-0.2, -0.15) is 0 Å². The molecule has 6 rings (SSSR count). The second-order valence-corrected chi connectivity index (χ2v) is 20.2. The molecule has 0 atom stereocenters. The van der Waals surface area contributed by atoms with Crippen molar-refractivity contribution in [1.29, 1.82) is 0 Å². The van der Waals surface area contributed by atoms with E-state index in [1.165, 1.54) is 72.8 Å². The quantitative estimate of drug-likeness (QED) is 0.164. The van der Waals surface area contributed by atoms with Gasteiger partial charge < -0.3 is 0 Å². The van der Waals surface area contributed by atoms with Crippen molar-refractivity contribution >= 4 is 55.1 Å². The van der Waals surface area contributed by atoms with Gasteiger partial charge in [0.1, 0.15) is 0 Å². The molecule has 0 aromatic heterocycles. The number of hydrogen-bond donors (Lipinski definition) is 0. The zero-order chi connectivity index (χ0) is 31.1. The molecule has 0 heterocycles. The second kappa shape index (κ2) is 14.6. The SMILES string of the molecule is Fc1cc[c]([Ge]([c]2ccc(F)cc2)[c]2ccc(F)cc2)cc1.Fc1cc[c]([Ge]([c]2ccc(F)cc2)[c]2ccc(F)cc2)cc1. The molecular formula is C36H24F6Ge2. The van der Waals surface area contributed by atoms with Crippen molar-refractivity contribution in [2.45, 2.75) is 0 Å². The van der Waals surface area contributed by atoms with Gasteiger partial charge in [0.2, 0.25) is 0 Å². The van der Waals surface area contributed by atoms with Gasteiger partial charge in [-0.3, -0.25) is 0 Å². The molecule has 44 heavy (non-hydrogen) atoms. The van der Waals surface area contributed by atoms with E-state index in [1.807, 2.05) is 0 Å². The van der Waals surface area contributed by atoms with Gasteiger partial charge in [-0.1, -0.05) is 0 Å². The molecule has 0 aliphatic carbocycles. The van der Waals surface area contributed by atoms with Crippen molar-refractivity contribution in [2.75, 3.05) is 0 Å². The van der Waals surface area contributed by atoms with E-state index in [0.29, 0.717) is 0 Å². The van der Waals surface area contributed by atoms with Crippen LogP contribution in [-0.4, -0.2) is 28.7 Å². The summed E-state index contributed by atoms with van der Waals surface area (Å²) in [5.74, 6) is -1.75. The Kier molecular flexibility index (Phi) is 10.5. The number of hydrogen-bond acceptors (Lipinski definition) is 0. The average Bonchev–Trinajstić information content (AvgIpc) is 3.03. The van der Waals surface area contributed by atoms with Crippen LogP contribution in [0.15, 0.2) is 146 Å². The fraction of sp³-hybridized carbons (Fsp3) is 0. The Bertz CT molecular complexity index is 1420. The van der Waals surface area contributed by atoms with Crippen molar-refractivity contribution in [3.8, 4) is 0 Å². The van der Waals surface area contributed by atoms with Crippen LogP contribution in [-0.2, 0) is 0 Å². The van der Waals surface area contributed by atoms with Gasteiger partial charge in [-0.25, -0.2) is 0 Å². The van der Waals surface area contributed by atoms with Crippen molar-refractivity contribution in [2.24, 2.45) is 0 Å². The first-order valence-electron chi connectivity index (χ1n) is 13.6. The topological polar surface area (TPSA) is 0 Å². The maximum absolute atomic E-state index is 13.2. The van der Waals surface area contributed by atoms with Gasteiger partial charge >= 0.3 is 262 Å². The molecule has 6 aromatic carbocycles. The molecule has 0 fully saturated rings. The summed E-state index contributed by atoms with van der Waals surface area (Å²) >= 11 is -4.41. The Morgan fingerprint density at radius 1 is 0.205 bits per heavy atom. The van der Waals surface area contributed by atoms with Crippen LogP contribution in [0.2, 0.25) is 0 Å². The van der Waals surface area contributed by atoms with Gasteiger partial charge in [-0.05, 0) is 0 Å². The van der Waals surface area contributed by atoms with Gasteiger partial charge in [0.15, 0.2) is 0 Å². The molecule has 0 bridgehead atoms. The number of halogens is 6. The molecular weight excluding hydrogens is 692 g/mol. The van der Waals surface area contributed by atoms with E-state index in [4.69, 9.17) is 0 Å². The first kappa shape index (κ1) is 31.4. The van der Waals surface area contributed by atoms with E-state index < -0.39 is 28.7 Å². The third-order valence-electron chi connectivity index (χ3n) is 6.80. The molecule has 6 aromatic rings. The standard InChI is InChI=1S/2C18H12F3Ge/c2*19-13-1-7-16(8-2-13)22(17-9-3-14(20)4-10-17)18-11-5-15(21)6-12-18/h2*1-12H. The van der Waals surface area contributed by atoms with Gasteiger partial charge in [0.25, 0.3) is 0 Å². The molecule has 0 amide bonds. The van der Waals surface area contributed by atoms with Crippen molar-refractivity contribution in [3.63, 3.8) is 0 Å². The zero-order valence-electron chi connectivity index (χ0n) is 23.1. The summed E-state index contributed by atoms with van der Waals surface area (Å²) in [6.07, 6.45) is 0. The molecule has 0 nitrogen and oxygen atoms in total. The average molecular weight is 716 g/mol. The van der Waals surface area contributed by atoms with Crippen molar-refractivity contribution < 1.29 is 26.3 Å². The van der Waals surface area contributed by atoms with Crippen LogP contribution in [0.25, 0.3) is 0 Å². The minimum absolute atomic E-state index is 0.292. The third kappa shape index (κ3) is 8.12. The van der Waals surface area contributed by atoms with Crippen LogP contribution in [0.5, 0.6) is 0 Å². The summed E-state index contributed by atoms with van der Waals surface area (Å²) in [6.45, 7) is 0. The van der Waals surface area contributed by atoms with E-state index >= 15 is 0 Å². The van der Waals surface area contributed by atoms with Crippen molar-refractivity contribution in [1.82, 2.24) is 0 Å². The van der Waals surface area contributed by atoms with Crippen LogP contribution in [0.3, 0.4) is 0 Å². The maximum atomic E-state index is 13.2. The Hall–Kier alpha value is -4.01. The Morgan fingerprint density at radius 3 is 0.432 bits per heavy atom. The Morgan fingerprint density at radius 2 is 0.318 bits per heavy atom. The first-order chi connectivity index (χ1) is 21.3. The van der Waals surface area contributed by atoms with Crippen LogP contribution in [0.4, 0.5) is 26.3 Å². The van der Waals surface area contributed by atoms with E-state index in [1.54, 1.807) is 72.8 Å². The summed E-state index contributed by atoms with van der Waals surface area (Å²) in [5.41, 5.74) is 0. The molecule has 0 spiro atoms. The molecule has 218 valence electrons. The van der Waals surface area contributed by atoms with Gasteiger partial charge in [0.05, 0.1) is 0 Å². The number of rotatable bonds is 6. The molecule has 0 saturated carbocycles. The molecule has 0 unspecified atom stereocenters. The van der Waals surface area contributed by atoms with Crippen LogP contribution >= 0.6 is 0 Å². The molecule has 8 heteroatoms. The Labute approximate surface area is 260 Å². The van der Waals surface area contributed by atoms with E-state index in [9.17, 15) is 26.3 Å². The molecule has 0 saturated heterocycles. The summed E-state index contributed by atoms with van der Waals surface area (Å²) in [7, 11) is 0. The predicted molar refractivity (Wildman–Crippen MR) is 168 cm³/mol. The van der Waals surface area contributed by atoms with Crippen LogP contribution in [0, 0.1) is 34.9 Å². The second-order valence-electron chi connectivity index (χ2n) is 9.79. The zero-order valence-corrected chi connectivity index (χ0v) is 27.3. The normalized spacial score (nSPS) is 10.9. The molecule has 0 N–H and O–H groups in total. The van der Waals surface area contributed by atoms with E-state index in [0.717, 1.165) is 26.4 Å². The van der Waals surface area contributed by atoms with Gasteiger partial charge in [0, 0.05) is 0 Å². The van der Waals surface area contributed by atoms with Crippen molar-refractivity contribution in [3.05, 3.63) is 180 Å². The summed E-state index contributed by atoms with van der Waals surface area (Å²) in [6, 6.07) is 38.2. The Balaban J connectivity index is 0.000000175. The monoisotopic (exact) mass is 718 g/mol. The van der Waals surface area contributed by atoms with Gasteiger partial charge in [-0.15, -0.1) is 0 Å². The van der Waals surface area contributed by atoms with Crippen LogP contribution in [0.1, 0.15) is 0 Å². The fourth-order valence-electron chi connectivity index (χ4n) is 4.70. The fourth-order valence-corrected chi connectivity index (χ4v) is 15.2. The molecule has 0 aliphatic heterocycles. The predicted octanol–water partition coefficient (Wildman–Crippen LogP) is 5.24. The third-order valence-corrected chi connectivity index (χ3v) is 18.3. The first-order valence-corrected chi connectivity index (χ1v) is 19.9. The van der Waals surface area contributed by atoms with E-state index in [2.05, 4.69) is 0 Å². The summed E-state index contributed by atoms with van der Waals surface area (Å²) in [4.78, 5) is 0. The summed E-state index contributed by atoms with van der Waals surface area (Å²) < 4.78 is 85.2. The molecule has 2 radical (unpaired) electrons. The number of benzene rings is 6. The minimum atomic E-state index is -2.20. The van der Waals surface area contributed by atoms with E-state index in [-0.39, 0.29) is 34.9 Å². The molecule has 0 aliphatic rings. The van der Waals surface area contributed by atoms with Crippen LogP contribution < -0.4 is 26.4 Å². The summed E-state index contributed by atoms with van der Waals surface area (Å²) in [5, 5.41) is 0.